The van der Waals surface area contributed by atoms with Crippen molar-refractivity contribution in [3.63, 3.8) is 0 Å². The maximum absolute atomic E-state index is 13.3. The zero-order valence-corrected chi connectivity index (χ0v) is 20.2. The minimum atomic E-state index is -3.79. The molecule has 0 spiro atoms. The number of halogens is 1. The molecule has 0 saturated carbocycles. The molecule has 0 aliphatic carbocycles. The Morgan fingerprint density at radius 3 is 2.19 bits per heavy atom. The molecule has 1 fully saturated rings. The average Bonchev–Trinajstić information content (AvgIpc) is 2.78. The fourth-order valence-corrected chi connectivity index (χ4v) is 5.18. The Morgan fingerprint density at radius 2 is 1.66 bits per heavy atom. The van der Waals surface area contributed by atoms with E-state index >= 15 is 0 Å². The van der Waals surface area contributed by atoms with E-state index in [0.29, 0.717) is 37.0 Å². The van der Waals surface area contributed by atoms with E-state index in [4.69, 9.17) is 21.1 Å². The van der Waals surface area contributed by atoms with Gasteiger partial charge in [-0.3, -0.25) is 9.10 Å². The molecule has 1 aliphatic heterocycles. The first kappa shape index (κ1) is 24.0. The number of benzene rings is 2. The van der Waals surface area contributed by atoms with Gasteiger partial charge in [-0.2, -0.15) is 0 Å². The molecule has 2 aromatic carbocycles. The molecule has 1 amide bonds. The van der Waals surface area contributed by atoms with Crippen molar-refractivity contribution < 1.29 is 22.7 Å². The minimum Gasteiger partial charge on any atom is -0.497 e. The molecular weight excluding hydrogens is 454 g/mol. The van der Waals surface area contributed by atoms with Crippen LogP contribution in [0.15, 0.2) is 42.5 Å². The summed E-state index contributed by atoms with van der Waals surface area (Å²) in [6.07, 6.45) is 1.07. The van der Waals surface area contributed by atoms with Crippen LogP contribution in [0, 0.1) is 0 Å². The van der Waals surface area contributed by atoms with Crippen LogP contribution < -0.4 is 18.7 Å². The predicted molar refractivity (Wildman–Crippen MR) is 127 cm³/mol. The molecule has 3 rings (SSSR count). The van der Waals surface area contributed by atoms with Gasteiger partial charge in [-0.25, -0.2) is 8.42 Å². The third kappa shape index (κ3) is 5.21. The molecule has 0 N–H and O–H groups in total. The van der Waals surface area contributed by atoms with E-state index in [1.807, 2.05) is 24.3 Å². The monoisotopic (exact) mass is 481 g/mol. The van der Waals surface area contributed by atoms with Gasteiger partial charge in [0.25, 0.3) is 0 Å². The number of carbonyl (C=O) groups is 1. The van der Waals surface area contributed by atoms with Crippen molar-refractivity contribution in [2.75, 3.05) is 55.9 Å². The lowest BCUT2D eigenvalue weighted by Crippen LogP contribution is -2.55. The summed E-state index contributed by atoms with van der Waals surface area (Å²) in [6.45, 7) is 3.84. The fourth-order valence-electron chi connectivity index (χ4n) is 3.85. The van der Waals surface area contributed by atoms with Gasteiger partial charge in [0.1, 0.15) is 17.5 Å². The first-order chi connectivity index (χ1) is 15.2. The van der Waals surface area contributed by atoms with Gasteiger partial charge in [0.05, 0.1) is 26.2 Å². The summed E-state index contributed by atoms with van der Waals surface area (Å²) >= 11 is 6.11. The molecule has 10 heteroatoms. The lowest BCUT2D eigenvalue weighted by Gasteiger charge is -2.39. The highest BCUT2D eigenvalue weighted by Crippen LogP contribution is 2.34. The molecule has 32 heavy (non-hydrogen) atoms. The van der Waals surface area contributed by atoms with E-state index in [-0.39, 0.29) is 11.6 Å². The molecule has 1 heterocycles. The number of nitrogens with zero attached hydrogens (tertiary/aromatic N) is 3. The summed E-state index contributed by atoms with van der Waals surface area (Å²) in [5.41, 5.74) is 1.28. The van der Waals surface area contributed by atoms with Crippen LogP contribution in [-0.4, -0.2) is 71.9 Å². The number of hydrogen-bond donors (Lipinski definition) is 0. The molecule has 0 bridgehead atoms. The Labute approximate surface area is 194 Å². The number of ether oxygens (including phenoxy) is 2. The average molecular weight is 482 g/mol. The molecule has 1 atom stereocenters. The van der Waals surface area contributed by atoms with Gasteiger partial charge in [-0.05, 0) is 49.4 Å². The zero-order valence-electron chi connectivity index (χ0n) is 18.6. The molecule has 174 valence electrons. The smallest absolute Gasteiger partial charge is 0.246 e. The van der Waals surface area contributed by atoms with Crippen LogP contribution in [0.1, 0.15) is 6.92 Å². The normalized spacial score (nSPS) is 15.3. The highest BCUT2D eigenvalue weighted by molar-refractivity contribution is 7.92. The van der Waals surface area contributed by atoms with Gasteiger partial charge >= 0.3 is 0 Å². The second kappa shape index (κ2) is 9.87. The third-order valence-electron chi connectivity index (χ3n) is 5.47. The van der Waals surface area contributed by atoms with Crippen molar-refractivity contribution in [3.05, 3.63) is 47.5 Å². The van der Waals surface area contributed by atoms with Crippen molar-refractivity contribution in [2.24, 2.45) is 0 Å². The Morgan fingerprint density at radius 1 is 1.03 bits per heavy atom. The van der Waals surface area contributed by atoms with Gasteiger partial charge in [0.15, 0.2) is 0 Å². The van der Waals surface area contributed by atoms with E-state index in [1.54, 1.807) is 31.1 Å². The van der Waals surface area contributed by atoms with Crippen molar-refractivity contribution in [1.82, 2.24) is 4.90 Å². The standard InChI is InChI=1S/C22H28ClN3O5S/c1-16(26(32(4,28)29)20-15-17(23)5-10-21(20)31-3)22(27)25-13-11-24(12-14-25)18-6-8-19(30-2)9-7-18/h5-10,15-16H,11-14H2,1-4H3. The molecule has 2 aromatic rings. The van der Waals surface area contributed by atoms with Crippen molar-refractivity contribution in [1.29, 1.82) is 0 Å². The summed E-state index contributed by atoms with van der Waals surface area (Å²) in [6, 6.07) is 11.5. The van der Waals surface area contributed by atoms with Crippen LogP contribution in [0.3, 0.4) is 0 Å². The molecular formula is C22H28ClN3O5S. The van der Waals surface area contributed by atoms with Gasteiger partial charge in [-0.15, -0.1) is 0 Å². The second-order valence-electron chi connectivity index (χ2n) is 7.56. The molecule has 1 unspecified atom stereocenters. The van der Waals surface area contributed by atoms with E-state index in [2.05, 4.69) is 4.90 Å². The van der Waals surface area contributed by atoms with Crippen LogP contribution in [0.4, 0.5) is 11.4 Å². The number of anilines is 2. The first-order valence-corrected chi connectivity index (χ1v) is 12.4. The lowest BCUT2D eigenvalue weighted by atomic mass is 10.2. The molecule has 0 aromatic heterocycles. The molecule has 1 saturated heterocycles. The quantitative estimate of drug-likeness (QED) is 0.605. The van der Waals surface area contributed by atoms with Crippen LogP contribution in [0.5, 0.6) is 11.5 Å². The van der Waals surface area contributed by atoms with Gasteiger partial charge < -0.3 is 19.3 Å². The molecule has 1 aliphatic rings. The van der Waals surface area contributed by atoms with E-state index in [0.717, 1.165) is 22.0 Å². The predicted octanol–water partition coefficient (Wildman–Crippen LogP) is 2.86. The number of piperazine rings is 1. The highest BCUT2D eigenvalue weighted by Gasteiger charge is 2.35. The van der Waals surface area contributed by atoms with Gasteiger partial charge in [-0.1, -0.05) is 11.6 Å². The number of sulfonamides is 1. The summed E-state index contributed by atoms with van der Waals surface area (Å²) in [7, 11) is -0.719. The van der Waals surface area contributed by atoms with Crippen molar-refractivity contribution >= 4 is 38.9 Å². The maximum Gasteiger partial charge on any atom is 0.246 e. The largest absolute Gasteiger partial charge is 0.497 e. The number of methoxy groups -OCH3 is 2. The topological polar surface area (TPSA) is 79.4 Å². The highest BCUT2D eigenvalue weighted by atomic mass is 35.5. The summed E-state index contributed by atoms with van der Waals surface area (Å²) in [5.74, 6) is 0.837. The summed E-state index contributed by atoms with van der Waals surface area (Å²) in [4.78, 5) is 17.2. The lowest BCUT2D eigenvalue weighted by molar-refractivity contribution is -0.132. The van der Waals surface area contributed by atoms with Crippen molar-refractivity contribution in [2.45, 2.75) is 13.0 Å². The van der Waals surface area contributed by atoms with Crippen LogP contribution in [-0.2, 0) is 14.8 Å². The number of amides is 1. The second-order valence-corrected chi connectivity index (χ2v) is 9.86. The first-order valence-electron chi connectivity index (χ1n) is 10.2. The fraction of sp³-hybridized carbons (Fsp3) is 0.409. The number of hydrogen-bond acceptors (Lipinski definition) is 6. The zero-order chi connectivity index (χ0) is 23.5. The maximum atomic E-state index is 13.3. The third-order valence-corrected chi connectivity index (χ3v) is 6.94. The minimum absolute atomic E-state index is 0.236. The van der Waals surface area contributed by atoms with E-state index in [1.165, 1.54) is 13.2 Å². The van der Waals surface area contributed by atoms with Gasteiger partial charge in [0, 0.05) is 36.9 Å². The van der Waals surface area contributed by atoms with Crippen LogP contribution >= 0.6 is 11.6 Å². The Balaban J connectivity index is 1.76. The van der Waals surface area contributed by atoms with E-state index in [9.17, 15) is 13.2 Å². The van der Waals surface area contributed by atoms with E-state index < -0.39 is 16.1 Å². The Hall–Kier alpha value is -2.65. The van der Waals surface area contributed by atoms with Crippen molar-refractivity contribution in [3.8, 4) is 11.5 Å². The number of carbonyl (C=O) groups excluding carboxylic acids is 1. The summed E-state index contributed by atoms with van der Waals surface area (Å²) < 4.78 is 36.9. The van der Waals surface area contributed by atoms with Gasteiger partial charge in [0.2, 0.25) is 15.9 Å². The Bertz CT molecular complexity index is 1050. The summed E-state index contributed by atoms with van der Waals surface area (Å²) in [5, 5.41) is 0.349. The molecule has 8 nitrogen and oxygen atoms in total. The van der Waals surface area contributed by atoms with Crippen LogP contribution in [0.2, 0.25) is 5.02 Å². The van der Waals surface area contributed by atoms with Crippen LogP contribution in [0.25, 0.3) is 0 Å². The molecule has 0 radical (unpaired) electrons. The SMILES string of the molecule is COc1ccc(N2CCN(C(=O)C(C)N(c3cc(Cl)ccc3OC)S(C)(=O)=O)CC2)cc1. The number of rotatable bonds is 7. The Kier molecular flexibility index (Phi) is 7.40.